The Morgan fingerprint density at radius 2 is 1.08 bits per heavy atom. The zero-order valence-electron chi connectivity index (χ0n) is 26.9. The molecule has 3 aromatic heterocycles. The third-order valence-electron chi connectivity index (χ3n) is 10.4. The monoisotopic (exact) mass is 617 g/mol. The highest BCUT2D eigenvalue weighted by Crippen LogP contribution is 2.49. The quantitative estimate of drug-likeness (QED) is 0.198. The lowest BCUT2D eigenvalue weighted by Crippen LogP contribution is -2.15. The summed E-state index contributed by atoms with van der Waals surface area (Å²) in [5.41, 5.74) is 11.5. The van der Waals surface area contributed by atoms with Crippen LogP contribution in [0.5, 0.6) is 0 Å². The van der Waals surface area contributed by atoms with Crippen LogP contribution >= 0.6 is 0 Å². The van der Waals surface area contributed by atoms with Gasteiger partial charge in [-0.15, -0.1) is 0 Å². The third-order valence-corrected chi connectivity index (χ3v) is 10.4. The average molecular weight is 618 g/mol. The predicted molar refractivity (Wildman–Crippen MR) is 197 cm³/mol. The van der Waals surface area contributed by atoms with E-state index in [0.717, 1.165) is 27.7 Å². The van der Waals surface area contributed by atoms with E-state index in [2.05, 4.69) is 145 Å². The van der Waals surface area contributed by atoms with Gasteiger partial charge in [-0.1, -0.05) is 129 Å². The molecule has 9 aromatic rings. The molecule has 0 saturated carbocycles. The van der Waals surface area contributed by atoms with Crippen LogP contribution in [-0.4, -0.2) is 24.1 Å². The van der Waals surface area contributed by atoms with Crippen LogP contribution in [0, 0.1) is 0 Å². The molecule has 0 unspecified atom stereocenters. The smallest absolute Gasteiger partial charge is 0.238 e. The molecule has 0 bridgehead atoms. The maximum Gasteiger partial charge on any atom is 0.238 e. The zero-order chi connectivity index (χ0) is 32.1. The number of benzene rings is 6. The number of hydrogen-bond acceptors (Lipinski definition) is 3. The Bertz CT molecular complexity index is 2770. The first-order valence-corrected chi connectivity index (χ1v) is 16.4. The first-order valence-electron chi connectivity index (χ1n) is 16.4. The zero-order valence-corrected chi connectivity index (χ0v) is 26.9. The fourth-order valence-electron chi connectivity index (χ4n) is 8.07. The Kier molecular flexibility index (Phi) is 5.48. The van der Waals surface area contributed by atoms with Crippen molar-refractivity contribution < 1.29 is 0 Å². The lowest BCUT2D eigenvalue weighted by Gasteiger charge is -2.21. The minimum atomic E-state index is -0.132. The summed E-state index contributed by atoms with van der Waals surface area (Å²) >= 11 is 0. The van der Waals surface area contributed by atoms with E-state index < -0.39 is 0 Å². The molecule has 6 aromatic carbocycles. The summed E-state index contributed by atoms with van der Waals surface area (Å²) in [6.07, 6.45) is 0. The van der Waals surface area contributed by atoms with Crippen molar-refractivity contribution in [3.05, 3.63) is 145 Å². The maximum absolute atomic E-state index is 5.32. The molecule has 0 N–H and O–H groups in total. The molecular formula is C43H31N5. The second-order valence-corrected chi connectivity index (χ2v) is 13.4. The van der Waals surface area contributed by atoms with E-state index in [4.69, 9.17) is 15.0 Å². The largest absolute Gasteiger partial charge is 0.342 e. The van der Waals surface area contributed by atoms with Crippen molar-refractivity contribution in [3.63, 3.8) is 0 Å². The van der Waals surface area contributed by atoms with Gasteiger partial charge >= 0.3 is 0 Å². The van der Waals surface area contributed by atoms with Crippen molar-refractivity contribution >= 4 is 43.6 Å². The van der Waals surface area contributed by atoms with Crippen LogP contribution in [0.4, 0.5) is 0 Å². The molecular weight excluding hydrogens is 587 g/mol. The summed E-state index contributed by atoms with van der Waals surface area (Å²) in [5.74, 6) is 1.91. The normalized spacial score (nSPS) is 13.5. The van der Waals surface area contributed by atoms with Crippen LogP contribution in [0.1, 0.15) is 25.0 Å². The average Bonchev–Trinajstić information content (AvgIpc) is 3.71. The standard InChI is InChI=1S/C43H31N5/c1-43(2)34-18-10-7-15-28(34)29-22-21-27(25-35(29)43)41-44-40(26-13-5-4-6-14-26)45-42(46-41)48-37-20-12-9-17-31(37)33-24-23-32-30-16-8-11-19-36(30)47(3)38(32)39(33)48/h4-25H,1-3H3. The Hall–Kier alpha value is -6.07. The van der Waals surface area contributed by atoms with Crippen molar-refractivity contribution in [1.29, 1.82) is 0 Å². The van der Waals surface area contributed by atoms with Gasteiger partial charge in [0.1, 0.15) is 0 Å². The summed E-state index contributed by atoms with van der Waals surface area (Å²) in [6, 6.07) is 47.4. The van der Waals surface area contributed by atoms with Gasteiger partial charge in [-0.25, -0.2) is 4.98 Å². The number of nitrogens with zero attached hydrogens (tertiary/aromatic N) is 5. The molecule has 48 heavy (non-hydrogen) atoms. The van der Waals surface area contributed by atoms with Crippen LogP contribution in [0.2, 0.25) is 0 Å². The lowest BCUT2D eigenvalue weighted by molar-refractivity contribution is 0.660. The number of aryl methyl sites for hydroxylation is 1. The van der Waals surface area contributed by atoms with Crippen LogP contribution in [0.15, 0.2) is 133 Å². The fraction of sp³-hybridized carbons (Fsp3) is 0.0930. The summed E-state index contributed by atoms with van der Waals surface area (Å²) < 4.78 is 4.56. The van der Waals surface area contributed by atoms with Gasteiger partial charge in [0.05, 0.1) is 16.6 Å². The molecule has 1 aliphatic carbocycles. The van der Waals surface area contributed by atoms with E-state index in [0.29, 0.717) is 17.6 Å². The molecule has 10 rings (SSSR count). The Morgan fingerprint density at radius 3 is 1.88 bits per heavy atom. The number of hydrogen-bond donors (Lipinski definition) is 0. The van der Waals surface area contributed by atoms with E-state index in [1.807, 2.05) is 18.2 Å². The van der Waals surface area contributed by atoms with Gasteiger partial charge in [0.2, 0.25) is 5.95 Å². The van der Waals surface area contributed by atoms with Crippen LogP contribution in [0.3, 0.4) is 0 Å². The van der Waals surface area contributed by atoms with Crippen molar-refractivity contribution in [1.82, 2.24) is 24.1 Å². The Balaban J connectivity index is 1.29. The predicted octanol–water partition coefficient (Wildman–Crippen LogP) is 10.3. The molecule has 1 aliphatic rings. The Labute approximate surface area is 277 Å². The van der Waals surface area contributed by atoms with Crippen molar-refractivity contribution in [2.75, 3.05) is 0 Å². The second kappa shape index (κ2) is 9.72. The molecule has 0 saturated heterocycles. The molecule has 0 atom stereocenters. The van der Waals surface area contributed by atoms with Crippen LogP contribution in [-0.2, 0) is 12.5 Å². The molecule has 0 aliphatic heterocycles. The summed E-state index contributed by atoms with van der Waals surface area (Å²) in [5, 5.41) is 4.78. The van der Waals surface area contributed by atoms with E-state index in [9.17, 15) is 0 Å². The molecule has 0 radical (unpaired) electrons. The number of para-hydroxylation sites is 2. The summed E-state index contributed by atoms with van der Waals surface area (Å²) in [4.78, 5) is 15.7. The van der Waals surface area contributed by atoms with Gasteiger partial charge in [0, 0.05) is 50.7 Å². The molecule has 5 nitrogen and oxygen atoms in total. The van der Waals surface area contributed by atoms with Crippen LogP contribution < -0.4 is 0 Å². The molecule has 0 fully saturated rings. The fourth-order valence-corrected chi connectivity index (χ4v) is 8.07. The minimum absolute atomic E-state index is 0.132. The maximum atomic E-state index is 5.32. The number of fused-ring (bicyclic) bond motifs is 10. The van der Waals surface area contributed by atoms with E-state index >= 15 is 0 Å². The van der Waals surface area contributed by atoms with Crippen molar-refractivity contribution in [2.24, 2.45) is 7.05 Å². The number of rotatable bonds is 3. The molecule has 5 heteroatoms. The van der Waals surface area contributed by atoms with Crippen LogP contribution in [0.25, 0.3) is 83.5 Å². The van der Waals surface area contributed by atoms with Crippen molar-refractivity contribution in [3.8, 4) is 39.9 Å². The highest BCUT2D eigenvalue weighted by molar-refractivity contribution is 6.23. The summed E-state index contributed by atoms with van der Waals surface area (Å²) in [7, 11) is 2.16. The van der Waals surface area contributed by atoms with Crippen molar-refractivity contribution in [2.45, 2.75) is 19.3 Å². The first kappa shape index (κ1) is 27.1. The van der Waals surface area contributed by atoms with Gasteiger partial charge in [-0.05, 0) is 40.5 Å². The molecule has 0 spiro atoms. The van der Waals surface area contributed by atoms with E-state index in [1.165, 1.54) is 49.3 Å². The molecule has 3 heterocycles. The summed E-state index contributed by atoms with van der Waals surface area (Å²) in [6.45, 7) is 4.62. The topological polar surface area (TPSA) is 48.5 Å². The Morgan fingerprint density at radius 1 is 0.479 bits per heavy atom. The van der Waals surface area contributed by atoms with Gasteiger partial charge in [-0.3, -0.25) is 4.57 Å². The highest BCUT2D eigenvalue weighted by atomic mass is 15.2. The highest BCUT2D eigenvalue weighted by Gasteiger charge is 2.35. The van der Waals surface area contributed by atoms with Gasteiger partial charge in [-0.2, -0.15) is 9.97 Å². The van der Waals surface area contributed by atoms with E-state index in [1.54, 1.807) is 0 Å². The first-order chi connectivity index (χ1) is 23.5. The van der Waals surface area contributed by atoms with Gasteiger partial charge in [0.25, 0.3) is 0 Å². The molecule has 228 valence electrons. The van der Waals surface area contributed by atoms with E-state index in [-0.39, 0.29) is 5.41 Å². The minimum Gasteiger partial charge on any atom is -0.342 e. The number of aromatic nitrogens is 5. The molecule has 0 amide bonds. The van der Waals surface area contributed by atoms with Gasteiger partial charge in [0.15, 0.2) is 11.6 Å². The second-order valence-electron chi connectivity index (χ2n) is 13.4. The third kappa shape index (κ3) is 3.64. The van der Waals surface area contributed by atoms with Gasteiger partial charge < -0.3 is 4.57 Å². The SMILES string of the molecule is Cn1c2ccccc2c2ccc3c4ccccc4n(-c4nc(-c5ccccc5)nc(-c5ccc6c(c5)C(C)(C)c5ccccc5-6)n4)c3c21. The lowest BCUT2D eigenvalue weighted by atomic mass is 9.82.